The summed E-state index contributed by atoms with van der Waals surface area (Å²) in [7, 11) is 0. The molecule has 1 aromatic carbocycles. The standard InChI is InChI=1S/C14H22N2O2/c1-5-16(13(17)18-14(2,3)4)10-11-8-6-7-9-12(11)15/h6-9H,5,10,15H2,1-4H3. The van der Waals surface area contributed by atoms with Crippen LogP contribution in [0.4, 0.5) is 10.5 Å². The third-order valence-corrected chi connectivity index (χ3v) is 2.45. The molecule has 100 valence electrons. The Morgan fingerprint density at radius 3 is 2.44 bits per heavy atom. The van der Waals surface area contributed by atoms with E-state index in [1.165, 1.54) is 0 Å². The predicted octanol–water partition coefficient (Wildman–Crippen LogP) is 3.03. The molecule has 18 heavy (non-hydrogen) atoms. The minimum atomic E-state index is -0.479. The van der Waals surface area contributed by atoms with Gasteiger partial charge in [-0.2, -0.15) is 0 Å². The Morgan fingerprint density at radius 2 is 1.94 bits per heavy atom. The van der Waals surface area contributed by atoms with Gasteiger partial charge in [0.1, 0.15) is 5.60 Å². The summed E-state index contributed by atoms with van der Waals surface area (Å²) in [5, 5.41) is 0. The van der Waals surface area contributed by atoms with Crippen LogP contribution in [-0.4, -0.2) is 23.1 Å². The van der Waals surface area contributed by atoms with E-state index in [1.54, 1.807) is 4.90 Å². The Hall–Kier alpha value is -1.71. The van der Waals surface area contributed by atoms with E-state index < -0.39 is 5.60 Å². The van der Waals surface area contributed by atoms with Crippen molar-refractivity contribution in [3.63, 3.8) is 0 Å². The molecule has 4 heteroatoms. The van der Waals surface area contributed by atoms with Gasteiger partial charge in [0.25, 0.3) is 0 Å². The van der Waals surface area contributed by atoms with Gasteiger partial charge >= 0.3 is 6.09 Å². The molecule has 0 unspecified atom stereocenters. The lowest BCUT2D eigenvalue weighted by Gasteiger charge is -2.26. The zero-order chi connectivity index (χ0) is 13.8. The highest BCUT2D eigenvalue weighted by Crippen LogP contribution is 2.16. The molecule has 4 nitrogen and oxygen atoms in total. The van der Waals surface area contributed by atoms with Crippen molar-refractivity contribution in [3.8, 4) is 0 Å². The first kappa shape index (κ1) is 14.4. The van der Waals surface area contributed by atoms with Gasteiger partial charge in [-0.3, -0.25) is 0 Å². The first-order valence-corrected chi connectivity index (χ1v) is 6.15. The van der Waals surface area contributed by atoms with Crippen LogP contribution in [0.5, 0.6) is 0 Å². The Morgan fingerprint density at radius 1 is 1.33 bits per heavy atom. The Kier molecular flexibility index (Phi) is 4.59. The highest BCUT2D eigenvalue weighted by Gasteiger charge is 2.21. The van der Waals surface area contributed by atoms with Crippen LogP contribution < -0.4 is 5.73 Å². The Bertz CT molecular complexity index is 411. The van der Waals surface area contributed by atoms with Crippen LogP contribution >= 0.6 is 0 Å². The number of carbonyl (C=O) groups is 1. The van der Waals surface area contributed by atoms with Crippen molar-refractivity contribution >= 4 is 11.8 Å². The number of carbonyl (C=O) groups excluding carboxylic acids is 1. The molecule has 0 saturated heterocycles. The number of amides is 1. The van der Waals surface area contributed by atoms with Crippen molar-refractivity contribution in [2.75, 3.05) is 12.3 Å². The first-order chi connectivity index (χ1) is 8.33. The van der Waals surface area contributed by atoms with Crippen LogP contribution in [0.15, 0.2) is 24.3 Å². The number of rotatable bonds is 3. The zero-order valence-corrected chi connectivity index (χ0v) is 11.6. The molecule has 0 aromatic heterocycles. The first-order valence-electron chi connectivity index (χ1n) is 6.15. The van der Waals surface area contributed by atoms with Crippen LogP contribution in [0.1, 0.15) is 33.3 Å². The highest BCUT2D eigenvalue weighted by molar-refractivity contribution is 5.68. The third-order valence-electron chi connectivity index (χ3n) is 2.45. The molecule has 0 aliphatic carbocycles. The Labute approximate surface area is 109 Å². The lowest BCUT2D eigenvalue weighted by molar-refractivity contribution is 0.0245. The van der Waals surface area contributed by atoms with Gasteiger partial charge in [0.05, 0.1) is 6.54 Å². The number of nitrogens with zero attached hydrogens (tertiary/aromatic N) is 1. The lowest BCUT2D eigenvalue weighted by atomic mass is 10.1. The molecule has 2 N–H and O–H groups in total. The third kappa shape index (κ3) is 4.28. The van der Waals surface area contributed by atoms with Crippen molar-refractivity contribution < 1.29 is 9.53 Å². The quantitative estimate of drug-likeness (QED) is 0.839. The number of ether oxygens (including phenoxy) is 1. The smallest absolute Gasteiger partial charge is 0.410 e. The maximum Gasteiger partial charge on any atom is 0.410 e. The molecule has 0 radical (unpaired) electrons. The number of benzene rings is 1. The summed E-state index contributed by atoms with van der Waals surface area (Å²) in [5.41, 5.74) is 7.02. The van der Waals surface area contributed by atoms with Gasteiger partial charge in [0.15, 0.2) is 0 Å². The molecule has 1 rings (SSSR count). The Balaban J connectivity index is 2.74. The molecule has 1 aromatic rings. The van der Waals surface area contributed by atoms with E-state index in [0.717, 1.165) is 5.56 Å². The van der Waals surface area contributed by atoms with Gasteiger partial charge in [-0.05, 0) is 39.3 Å². The van der Waals surface area contributed by atoms with Crippen molar-refractivity contribution in [1.29, 1.82) is 0 Å². The summed E-state index contributed by atoms with van der Waals surface area (Å²) in [6.07, 6.45) is -0.312. The molecule has 0 heterocycles. The summed E-state index contributed by atoms with van der Waals surface area (Å²) in [5.74, 6) is 0. The number of hydrogen-bond donors (Lipinski definition) is 1. The number of para-hydroxylation sites is 1. The van der Waals surface area contributed by atoms with E-state index in [0.29, 0.717) is 18.8 Å². The minimum Gasteiger partial charge on any atom is -0.444 e. The average molecular weight is 250 g/mol. The van der Waals surface area contributed by atoms with Gasteiger partial charge in [-0.15, -0.1) is 0 Å². The fraction of sp³-hybridized carbons (Fsp3) is 0.500. The fourth-order valence-corrected chi connectivity index (χ4v) is 1.52. The lowest BCUT2D eigenvalue weighted by Crippen LogP contribution is -2.36. The van der Waals surface area contributed by atoms with Crippen LogP contribution in [0, 0.1) is 0 Å². The monoisotopic (exact) mass is 250 g/mol. The molecular weight excluding hydrogens is 228 g/mol. The minimum absolute atomic E-state index is 0.312. The van der Waals surface area contributed by atoms with Crippen molar-refractivity contribution in [2.24, 2.45) is 0 Å². The van der Waals surface area contributed by atoms with Crippen LogP contribution in [0.25, 0.3) is 0 Å². The number of nitrogens with two attached hydrogens (primary N) is 1. The molecule has 0 aliphatic rings. The summed E-state index contributed by atoms with van der Waals surface area (Å²) >= 11 is 0. The molecule has 1 amide bonds. The second-order valence-corrected chi connectivity index (χ2v) is 5.19. The molecule has 0 bridgehead atoms. The topological polar surface area (TPSA) is 55.6 Å². The predicted molar refractivity (Wildman–Crippen MR) is 73.2 cm³/mol. The van der Waals surface area contributed by atoms with E-state index in [4.69, 9.17) is 10.5 Å². The van der Waals surface area contributed by atoms with Crippen molar-refractivity contribution in [3.05, 3.63) is 29.8 Å². The average Bonchev–Trinajstić information content (AvgIpc) is 2.25. The van der Waals surface area contributed by atoms with Crippen molar-refractivity contribution in [2.45, 2.75) is 39.8 Å². The summed E-state index contributed by atoms with van der Waals surface area (Å²) < 4.78 is 5.35. The van der Waals surface area contributed by atoms with Gasteiger partial charge < -0.3 is 15.4 Å². The molecule has 0 spiro atoms. The largest absolute Gasteiger partial charge is 0.444 e. The van der Waals surface area contributed by atoms with Crippen LogP contribution in [-0.2, 0) is 11.3 Å². The fourth-order valence-electron chi connectivity index (χ4n) is 1.52. The van der Waals surface area contributed by atoms with Gasteiger partial charge in [0, 0.05) is 12.2 Å². The second-order valence-electron chi connectivity index (χ2n) is 5.19. The van der Waals surface area contributed by atoms with E-state index in [1.807, 2.05) is 52.0 Å². The van der Waals surface area contributed by atoms with Crippen LogP contribution in [0.2, 0.25) is 0 Å². The van der Waals surface area contributed by atoms with E-state index in [9.17, 15) is 4.79 Å². The van der Waals surface area contributed by atoms with Gasteiger partial charge in [-0.25, -0.2) is 4.79 Å². The second kappa shape index (κ2) is 5.76. The van der Waals surface area contributed by atoms with Gasteiger partial charge in [-0.1, -0.05) is 18.2 Å². The zero-order valence-electron chi connectivity index (χ0n) is 11.6. The molecule has 0 atom stereocenters. The summed E-state index contributed by atoms with van der Waals surface area (Å²) in [6, 6.07) is 7.54. The molecule has 0 fully saturated rings. The number of anilines is 1. The molecule has 0 saturated carbocycles. The van der Waals surface area contributed by atoms with E-state index >= 15 is 0 Å². The van der Waals surface area contributed by atoms with Crippen molar-refractivity contribution in [1.82, 2.24) is 4.90 Å². The number of nitrogen functional groups attached to an aromatic ring is 1. The van der Waals surface area contributed by atoms with Crippen LogP contribution in [0.3, 0.4) is 0 Å². The SMILES string of the molecule is CCN(Cc1ccccc1N)C(=O)OC(C)(C)C. The highest BCUT2D eigenvalue weighted by atomic mass is 16.6. The van der Waals surface area contributed by atoms with Gasteiger partial charge in [0.2, 0.25) is 0 Å². The maximum absolute atomic E-state index is 12.0. The molecular formula is C14H22N2O2. The molecule has 0 aliphatic heterocycles. The summed E-state index contributed by atoms with van der Waals surface area (Å²) in [6.45, 7) is 8.55. The van der Waals surface area contributed by atoms with E-state index in [2.05, 4.69) is 0 Å². The van der Waals surface area contributed by atoms with E-state index in [-0.39, 0.29) is 6.09 Å². The number of hydrogen-bond acceptors (Lipinski definition) is 3. The maximum atomic E-state index is 12.0. The summed E-state index contributed by atoms with van der Waals surface area (Å²) in [4.78, 5) is 13.6. The normalized spacial score (nSPS) is 11.1.